The fraction of sp³-hybridized carbons (Fsp3) is 0.0213. The van der Waals surface area contributed by atoms with Crippen molar-refractivity contribution in [3.63, 3.8) is 0 Å². The number of rotatable bonds is 4. The van der Waals surface area contributed by atoms with Crippen molar-refractivity contribution in [1.29, 1.82) is 0 Å². The van der Waals surface area contributed by atoms with Gasteiger partial charge in [-0.1, -0.05) is 121 Å². The number of hydrogen-bond acceptors (Lipinski definition) is 5. The molecule has 52 heavy (non-hydrogen) atoms. The van der Waals surface area contributed by atoms with Gasteiger partial charge in [-0.3, -0.25) is 0 Å². The number of amidine groups is 2. The molecule has 244 valence electrons. The Kier molecular flexibility index (Phi) is 6.25. The second kappa shape index (κ2) is 11.3. The third-order valence-electron chi connectivity index (χ3n) is 10.3. The van der Waals surface area contributed by atoms with E-state index in [0.717, 1.165) is 94.1 Å². The lowest BCUT2D eigenvalue weighted by molar-refractivity contribution is 0.667. The lowest BCUT2D eigenvalue weighted by Gasteiger charge is -2.23. The Bertz CT molecular complexity index is 3030. The summed E-state index contributed by atoms with van der Waals surface area (Å²) in [4.78, 5) is 10.7. The molecule has 0 fully saturated rings. The van der Waals surface area contributed by atoms with Gasteiger partial charge in [0.15, 0.2) is 6.17 Å². The van der Waals surface area contributed by atoms with Crippen molar-refractivity contribution < 1.29 is 8.83 Å². The maximum absolute atomic E-state index is 6.56. The molecule has 1 N–H and O–H groups in total. The highest BCUT2D eigenvalue weighted by Crippen LogP contribution is 2.42. The van der Waals surface area contributed by atoms with E-state index in [0.29, 0.717) is 0 Å². The zero-order valence-electron chi connectivity index (χ0n) is 27.9. The highest BCUT2D eigenvalue weighted by molar-refractivity contribution is 6.19. The van der Waals surface area contributed by atoms with Crippen LogP contribution in [0.25, 0.3) is 76.5 Å². The van der Waals surface area contributed by atoms with E-state index in [2.05, 4.69) is 133 Å². The van der Waals surface area contributed by atoms with E-state index in [1.54, 1.807) is 0 Å². The van der Waals surface area contributed by atoms with E-state index in [1.807, 2.05) is 36.4 Å². The fourth-order valence-electron chi connectivity index (χ4n) is 7.80. The van der Waals surface area contributed by atoms with Crippen LogP contribution < -0.4 is 5.32 Å². The summed E-state index contributed by atoms with van der Waals surface area (Å²) in [5.41, 5.74) is 8.46. The average molecular weight is 668 g/mol. The van der Waals surface area contributed by atoms with E-state index >= 15 is 0 Å². The number of fused-ring (bicyclic) bond motifs is 8. The molecular formula is C47H29N3O2. The molecule has 0 saturated carbocycles. The van der Waals surface area contributed by atoms with Gasteiger partial charge in [-0.05, 0) is 75.1 Å². The highest BCUT2D eigenvalue weighted by Gasteiger charge is 2.25. The lowest BCUT2D eigenvalue weighted by atomic mass is 9.95. The minimum absolute atomic E-state index is 0.528. The molecule has 0 atom stereocenters. The molecule has 2 aromatic heterocycles. The van der Waals surface area contributed by atoms with Crippen molar-refractivity contribution in [3.8, 4) is 11.1 Å². The summed E-state index contributed by atoms with van der Waals surface area (Å²) in [5, 5.41) is 12.6. The van der Waals surface area contributed by atoms with E-state index in [1.165, 1.54) is 10.8 Å². The van der Waals surface area contributed by atoms with Gasteiger partial charge < -0.3 is 14.2 Å². The molecule has 0 amide bonds. The maximum Gasteiger partial charge on any atom is 0.170 e. The van der Waals surface area contributed by atoms with Gasteiger partial charge in [0.05, 0.1) is 0 Å². The van der Waals surface area contributed by atoms with Crippen molar-refractivity contribution in [3.05, 3.63) is 180 Å². The van der Waals surface area contributed by atoms with Crippen molar-refractivity contribution in [2.24, 2.45) is 9.98 Å². The number of nitrogens with zero attached hydrogens (tertiary/aromatic N) is 2. The second-order valence-electron chi connectivity index (χ2n) is 13.4. The first kappa shape index (κ1) is 28.8. The van der Waals surface area contributed by atoms with Crippen molar-refractivity contribution in [1.82, 2.24) is 5.32 Å². The number of aliphatic imine (C=N–C) groups is 2. The van der Waals surface area contributed by atoms with Crippen molar-refractivity contribution in [2.75, 3.05) is 0 Å². The Morgan fingerprint density at radius 3 is 1.69 bits per heavy atom. The van der Waals surface area contributed by atoms with Crippen molar-refractivity contribution in [2.45, 2.75) is 6.17 Å². The van der Waals surface area contributed by atoms with Crippen LogP contribution in [-0.4, -0.2) is 11.7 Å². The molecule has 11 rings (SSSR count). The van der Waals surface area contributed by atoms with Gasteiger partial charge in [-0.15, -0.1) is 0 Å². The van der Waals surface area contributed by atoms with E-state index in [4.69, 9.17) is 18.8 Å². The first-order valence-electron chi connectivity index (χ1n) is 17.5. The smallest absolute Gasteiger partial charge is 0.170 e. The molecule has 8 aromatic carbocycles. The molecule has 1 aliphatic heterocycles. The van der Waals surface area contributed by atoms with Crippen LogP contribution in [0, 0.1) is 0 Å². The minimum atomic E-state index is -0.528. The van der Waals surface area contributed by atoms with Crippen LogP contribution in [0.2, 0.25) is 0 Å². The standard InChI is InChI=1S/C47H29N3O2/c1-3-11-30-25-33(21-19-28(30)9-1)45-48-46(34-22-20-29-10-2-4-12-31(29)26-34)50-47(49-45)38-15-8-18-41-44(38)43-35(14-7-17-40(43)52-41)32-23-24-37-36-13-5-6-16-39(36)51-42(37)27-32/h1-27,47H,(H,48,49,50). The Morgan fingerprint density at radius 2 is 0.962 bits per heavy atom. The van der Waals surface area contributed by atoms with Gasteiger partial charge in [-0.25, -0.2) is 9.98 Å². The Morgan fingerprint density at radius 1 is 0.404 bits per heavy atom. The first-order chi connectivity index (χ1) is 25.7. The third kappa shape index (κ3) is 4.56. The number of nitrogens with one attached hydrogen (secondary N) is 1. The summed E-state index contributed by atoms with van der Waals surface area (Å²) in [5.74, 6) is 1.54. The van der Waals surface area contributed by atoms with Crippen LogP contribution in [0.5, 0.6) is 0 Å². The molecule has 10 aromatic rings. The average Bonchev–Trinajstić information content (AvgIpc) is 3.78. The largest absolute Gasteiger partial charge is 0.456 e. The Labute approximate surface area is 298 Å². The van der Waals surface area contributed by atoms with Crippen LogP contribution in [0.1, 0.15) is 22.9 Å². The van der Waals surface area contributed by atoms with Gasteiger partial charge in [-0.2, -0.15) is 0 Å². The summed E-state index contributed by atoms with van der Waals surface area (Å²) in [6, 6.07) is 56.9. The van der Waals surface area contributed by atoms with Crippen LogP contribution in [0.4, 0.5) is 0 Å². The summed E-state index contributed by atoms with van der Waals surface area (Å²) in [6.45, 7) is 0. The molecule has 0 radical (unpaired) electrons. The quantitative estimate of drug-likeness (QED) is 0.203. The van der Waals surface area contributed by atoms with Crippen LogP contribution in [0.15, 0.2) is 183 Å². The SMILES string of the molecule is c1ccc2cc(C3=NC(c4cccc5oc6cccc(-c7ccc8c(c7)oc7ccccc78)c6c45)N=C(c4ccc5ccccc5c4)N3)ccc2c1. The van der Waals surface area contributed by atoms with Crippen LogP contribution in [-0.2, 0) is 0 Å². The van der Waals surface area contributed by atoms with Gasteiger partial charge in [0.2, 0.25) is 0 Å². The number of para-hydroxylation sites is 1. The molecule has 5 heteroatoms. The molecule has 0 unspecified atom stereocenters. The topological polar surface area (TPSA) is 63.0 Å². The summed E-state index contributed by atoms with van der Waals surface area (Å²) < 4.78 is 12.9. The maximum atomic E-state index is 6.56. The van der Waals surface area contributed by atoms with E-state index < -0.39 is 6.17 Å². The number of furan rings is 2. The number of benzene rings is 8. The van der Waals surface area contributed by atoms with E-state index in [-0.39, 0.29) is 0 Å². The molecule has 0 bridgehead atoms. The van der Waals surface area contributed by atoms with Gasteiger partial charge >= 0.3 is 0 Å². The highest BCUT2D eigenvalue weighted by atomic mass is 16.3. The first-order valence-corrected chi connectivity index (χ1v) is 17.5. The molecule has 5 nitrogen and oxygen atoms in total. The normalized spacial score (nSPS) is 13.7. The fourth-order valence-corrected chi connectivity index (χ4v) is 7.80. The molecule has 3 heterocycles. The Balaban J connectivity index is 1.12. The van der Waals surface area contributed by atoms with Gasteiger partial charge in [0, 0.05) is 38.2 Å². The molecule has 0 spiro atoms. The van der Waals surface area contributed by atoms with Crippen LogP contribution in [0.3, 0.4) is 0 Å². The van der Waals surface area contributed by atoms with Crippen molar-refractivity contribution >= 4 is 77.1 Å². The van der Waals surface area contributed by atoms with Gasteiger partial charge in [0.1, 0.15) is 34.0 Å². The summed E-state index contributed by atoms with van der Waals surface area (Å²) >= 11 is 0. The molecule has 0 aliphatic carbocycles. The predicted octanol–water partition coefficient (Wildman–Crippen LogP) is 12.0. The summed E-state index contributed by atoms with van der Waals surface area (Å²) in [7, 11) is 0. The Hall–Kier alpha value is -6.98. The zero-order valence-corrected chi connectivity index (χ0v) is 27.9. The third-order valence-corrected chi connectivity index (χ3v) is 10.3. The lowest BCUT2D eigenvalue weighted by Crippen LogP contribution is -2.36. The van der Waals surface area contributed by atoms with Crippen LogP contribution >= 0.6 is 0 Å². The summed E-state index contributed by atoms with van der Waals surface area (Å²) in [6.07, 6.45) is -0.528. The minimum Gasteiger partial charge on any atom is -0.456 e. The molecule has 1 aliphatic rings. The number of hydrogen-bond donors (Lipinski definition) is 1. The second-order valence-corrected chi connectivity index (χ2v) is 13.4. The zero-order chi connectivity index (χ0) is 34.2. The molecular weight excluding hydrogens is 639 g/mol. The monoisotopic (exact) mass is 667 g/mol. The molecule has 0 saturated heterocycles. The predicted molar refractivity (Wildman–Crippen MR) is 213 cm³/mol. The van der Waals surface area contributed by atoms with Gasteiger partial charge in [0.25, 0.3) is 0 Å². The van der Waals surface area contributed by atoms with E-state index in [9.17, 15) is 0 Å².